The van der Waals surface area contributed by atoms with Gasteiger partial charge in [0.15, 0.2) is 0 Å². The van der Waals surface area contributed by atoms with Crippen molar-refractivity contribution in [1.82, 2.24) is 19.8 Å². The van der Waals surface area contributed by atoms with Gasteiger partial charge in [0.2, 0.25) is 0 Å². The lowest BCUT2D eigenvalue weighted by Crippen LogP contribution is -2.45. The molecule has 1 aromatic rings. The lowest BCUT2D eigenvalue weighted by Gasteiger charge is -2.35. The number of ether oxygens (including phenoxy) is 1. The molecule has 0 unspecified atom stereocenters. The van der Waals surface area contributed by atoms with E-state index in [2.05, 4.69) is 21.8 Å². The Morgan fingerprint density at radius 2 is 2.08 bits per heavy atom. The molecular formula is C18H30N4O2. The van der Waals surface area contributed by atoms with Gasteiger partial charge >= 0.3 is 6.03 Å². The maximum absolute atomic E-state index is 12.2. The molecule has 1 N–H and O–H groups in total. The topological polar surface area (TPSA) is 59.4 Å². The first-order chi connectivity index (χ1) is 11.7. The van der Waals surface area contributed by atoms with E-state index in [1.165, 1.54) is 30.8 Å². The van der Waals surface area contributed by atoms with Crippen LogP contribution in [0.5, 0.6) is 0 Å². The first kappa shape index (κ1) is 17.3. The van der Waals surface area contributed by atoms with Gasteiger partial charge in [-0.15, -0.1) is 0 Å². The van der Waals surface area contributed by atoms with E-state index >= 15 is 0 Å². The van der Waals surface area contributed by atoms with Gasteiger partial charge in [0.25, 0.3) is 0 Å². The summed E-state index contributed by atoms with van der Waals surface area (Å²) in [4.78, 5) is 18.8. The van der Waals surface area contributed by atoms with Gasteiger partial charge in [-0.05, 0) is 39.0 Å². The van der Waals surface area contributed by atoms with Crippen molar-refractivity contribution in [3.8, 4) is 0 Å². The van der Waals surface area contributed by atoms with E-state index in [4.69, 9.17) is 4.74 Å². The number of rotatable bonds is 6. The normalized spacial score (nSPS) is 19.3. The van der Waals surface area contributed by atoms with E-state index in [1.54, 1.807) is 7.11 Å². The van der Waals surface area contributed by atoms with Crippen molar-refractivity contribution in [1.29, 1.82) is 0 Å². The van der Waals surface area contributed by atoms with E-state index in [1.807, 2.05) is 11.1 Å². The number of likely N-dealkylation sites (tertiary alicyclic amines) is 1. The summed E-state index contributed by atoms with van der Waals surface area (Å²) in [6, 6.07) is 0.548. The third-order valence-corrected chi connectivity index (χ3v) is 5.40. The molecule has 0 radical (unpaired) electrons. The maximum Gasteiger partial charge on any atom is 0.317 e. The molecule has 134 valence electrons. The first-order valence-corrected chi connectivity index (χ1v) is 9.26. The molecule has 6 heteroatoms. The van der Waals surface area contributed by atoms with Crippen molar-refractivity contribution >= 4 is 6.03 Å². The van der Waals surface area contributed by atoms with Gasteiger partial charge in [-0.3, -0.25) is 0 Å². The zero-order chi connectivity index (χ0) is 16.9. The zero-order valence-electron chi connectivity index (χ0n) is 15.0. The highest BCUT2D eigenvalue weighted by molar-refractivity contribution is 5.74. The summed E-state index contributed by atoms with van der Waals surface area (Å²) < 4.78 is 7.46. The smallest absolute Gasteiger partial charge is 0.317 e. The molecule has 2 aliphatic rings. The molecule has 0 bridgehead atoms. The summed E-state index contributed by atoms with van der Waals surface area (Å²) in [6.45, 7) is 5.17. The van der Waals surface area contributed by atoms with E-state index in [9.17, 15) is 4.79 Å². The second kappa shape index (κ2) is 8.01. The highest BCUT2D eigenvalue weighted by Crippen LogP contribution is 2.38. The number of aromatic nitrogens is 2. The minimum atomic E-state index is 0.0612. The van der Waals surface area contributed by atoms with E-state index in [0.717, 1.165) is 32.4 Å². The van der Waals surface area contributed by atoms with Crippen LogP contribution in [0.15, 0.2) is 6.20 Å². The Labute approximate surface area is 144 Å². The predicted molar refractivity (Wildman–Crippen MR) is 93.3 cm³/mol. The molecule has 24 heavy (non-hydrogen) atoms. The van der Waals surface area contributed by atoms with Gasteiger partial charge < -0.3 is 19.5 Å². The molecule has 1 aliphatic carbocycles. The fourth-order valence-electron chi connectivity index (χ4n) is 3.76. The van der Waals surface area contributed by atoms with E-state index < -0.39 is 0 Å². The van der Waals surface area contributed by atoms with Crippen molar-refractivity contribution < 1.29 is 9.53 Å². The Morgan fingerprint density at radius 3 is 2.71 bits per heavy atom. The third kappa shape index (κ3) is 3.74. The molecule has 0 atom stereocenters. The fraction of sp³-hybridized carbons (Fsp3) is 0.778. The van der Waals surface area contributed by atoms with E-state index in [0.29, 0.717) is 25.1 Å². The Morgan fingerprint density at radius 1 is 1.33 bits per heavy atom. The number of imidazole rings is 1. The summed E-state index contributed by atoms with van der Waals surface area (Å²) in [5, 5.41) is 2.98. The van der Waals surface area contributed by atoms with Crippen molar-refractivity contribution in [3.63, 3.8) is 0 Å². The van der Waals surface area contributed by atoms with Crippen LogP contribution in [-0.2, 0) is 4.74 Å². The van der Waals surface area contributed by atoms with Crippen LogP contribution in [0, 0.1) is 6.92 Å². The molecule has 2 fully saturated rings. The van der Waals surface area contributed by atoms with Crippen molar-refractivity contribution in [2.24, 2.45) is 0 Å². The van der Waals surface area contributed by atoms with Gasteiger partial charge in [0.1, 0.15) is 5.82 Å². The minimum Gasteiger partial charge on any atom is -0.385 e. The van der Waals surface area contributed by atoms with Gasteiger partial charge in [0.05, 0.1) is 0 Å². The van der Waals surface area contributed by atoms with Crippen LogP contribution in [0.4, 0.5) is 4.79 Å². The van der Waals surface area contributed by atoms with Crippen LogP contribution in [-0.4, -0.2) is 53.8 Å². The second-order valence-electron chi connectivity index (χ2n) is 7.05. The number of hydrogen-bond donors (Lipinski definition) is 1. The molecule has 3 rings (SSSR count). The summed E-state index contributed by atoms with van der Waals surface area (Å²) in [7, 11) is 1.68. The first-order valence-electron chi connectivity index (χ1n) is 9.26. The number of carbonyl (C=O) groups excluding carboxylic acids is 1. The van der Waals surface area contributed by atoms with Crippen LogP contribution in [0.3, 0.4) is 0 Å². The number of amides is 2. The zero-order valence-corrected chi connectivity index (χ0v) is 15.0. The summed E-state index contributed by atoms with van der Waals surface area (Å²) in [6.07, 6.45) is 8.79. The van der Waals surface area contributed by atoms with Crippen LogP contribution in [0.2, 0.25) is 0 Å². The molecule has 2 heterocycles. The third-order valence-electron chi connectivity index (χ3n) is 5.40. The summed E-state index contributed by atoms with van der Waals surface area (Å²) in [5.41, 5.74) is 1.26. The number of nitrogens with zero attached hydrogens (tertiary/aromatic N) is 3. The summed E-state index contributed by atoms with van der Waals surface area (Å²) >= 11 is 0. The van der Waals surface area contributed by atoms with E-state index in [-0.39, 0.29) is 6.03 Å². The standard InChI is InChI=1S/C18H30N4O2/c1-14-13-20-17(15-5-3-6-15)22(14)16-7-10-21(11-8-16)18(23)19-9-4-12-24-2/h13,15-16H,3-12H2,1-2H3,(H,19,23). The van der Waals surface area contributed by atoms with Crippen molar-refractivity contribution in [3.05, 3.63) is 17.7 Å². The Hall–Kier alpha value is -1.56. The summed E-state index contributed by atoms with van der Waals surface area (Å²) in [5.74, 6) is 1.93. The number of hydrogen-bond acceptors (Lipinski definition) is 3. The number of nitrogens with one attached hydrogen (secondary N) is 1. The monoisotopic (exact) mass is 334 g/mol. The molecule has 2 amide bonds. The van der Waals surface area contributed by atoms with Crippen LogP contribution >= 0.6 is 0 Å². The lowest BCUT2D eigenvalue weighted by molar-refractivity contribution is 0.165. The maximum atomic E-state index is 12.2. The fourth-order valence-corrected chi connectivity index (χ4v) is 3.76. The largest absolute Gasteiger partial charge is 0.385 e. The molecule has 0 spiro atoms. The number of piperidine rings is 1. The quantitative estimate of drug-likeness (QED) is 0.814. The predicted octanol–water partition coefficient (Wildman–Crippen LogP) is 2.84. The highest BCUT2D eigenvalue weighted by atomic mass is 16.5. The number of urea groups is 1. The molecular weight excluding hydrogens is 304 g/mol. The average molecular weight is 334 g/mol. The number of aryl methyl sites for hydroxylation is 1. The molecule has 1 aliphatic heterocycles. The Bertz CT molecular complexity index is 545. The lowest BCUT2D eigenvalue weighted by atomic mass is 9.84. The highest BCUT2D eigenvalue weighted by Gasteiger charge is 2.30. The number of carbonyl (C=O) groups is 1. The van der Waals surface area contributed by atoms with Gasteiger partial charge in [-0.25, -0.2) is 9.78 Å². The SMILES string of the molecule is COCCCNC(=O)N1CCC(n2c(C)cnc2C2CCC2)CC1. The molecule has 1 aromatic heterocycles. The van der Waals surface area contributed by atoms with Gasteiger partial charge in [-0.2, -0.15) is 0 Å². The minimum absolute atomic E-state index is 0.0612. The second-order valence-corrected chi connectivity index (χ2v) is 7.05. The van der Waals surface area contributed by atoms with Gasteiger partial charge in [-0.1, -0.05) is 6.42 Å². The van der Waals surface area contributed by atoms with Crippen LogP contribution < -0.4 is 5.32 Å². The molecule has 0 aromatic carbocycles. The van der Waals surface area contributed by atoms with Gasteiger partial charge in [0, 0.05) is 57.2 Å². The number of methoxy groups -OCH3 is 1. The Kier molecular flexibility index (Phi) is 5.76. The molecule has 1 saturated carbocycles. The Balaban J connectivity index is 1.52. The van der Waals surface area contributed by atoms with Crippen LogP contribution in [0.1, 0.15) is 62.0 Å². The van der Waals surface area contributed by atoms with Crippen LogP contribution in [0.25, 0.3) is 0 Å². The van der Waals surface area contributed by atoms with Crippen molar-refractivity contribution in [2.75, 3.05) is 33.4 Å². The molecule has 1 saturated heterocycles. The average Bonchev–Trinajstić information content (AvgIpc) is 2.91. The molecule has 6 nitrogen and oxygen atoms in total. The van der Waals surface area contributed by atoms with Crippen molar-refractivity contribution in [2.45, 2.75) is 57.4 Å².